The van der Waals surface area contributed by atoms with Gasteiger partial charge in [0.05, 0.1) is 25.5 Å². The molecule has 0 saturated carbocycles. The van der Waals surface area contributed by atoms with Crippen LogP contribution in [0.1, 0.15) is 16.1 Å². The summed E-state index contributed by atoms with van der Waals surface area (Å²) in [5, 5.41) is 12.3. The summed E-state index contributed by atoms with van der Waals surface area (Å²) >= 11 is 1.45. The summed E-state index contributed by atoms with van der Waals surface area (Å²) in [4.78, 5) is 4.63. The summed E-state index contributed by atoms with van der Waals surface area (Å²) in [6.07, 6.45) is 1.79. The maximum atomic E-state index is 9.60. The molecule has 0 aliphatic heterocycles. The predicted molar refractivity (Wildman–Crippen MR) is 105 cm³/mol. The van der Waals surface area contributed by atoms with E-state index >= 15 is 0 Å². The summed E-state index contributed by atoms with van der Waals surface area (Å²) in [7, 11) is 3.20. The second-order valence-corrected chi connectivity index (χ2v) is 6.54. The number of nitriles is 1. The minimum absolute atomic E-state index is 0.497. The summed E-state index contributed by atoms with van der Waals surface area (Å²) in [6.45, 7) is 2.05. The number of aryl methyl sites for hydroxylation is 1. The van der Waals surface area contributed by atoms with Crippen LogP contribution >= 0.6 is 11.3 Å². The van der Waals surface area contributed by atoms with E-state index in [1.165, 1.54) is 16.9 Å². The van der Waals surface area contributed by atoms with E-state index in [2.05, 4.69) is 30.1 Å². The van der Waals surface area contributed by atoms with Gasteiger partial charge in [0.1, 0.15) is 22.6 Å². The van der Waals surface area contributed by atoms with Gasteiger partial charge in [0.25, 0.3) is 0 Å². The highest BCUT2D eigenvalue weighted by molar-refractivity contribution is 7.11. The van der Waals surface area contributed by atoms with Crippen LogP contribution in [0.3, 0.4) is 0 Å². The van der Waals surface area contributed by atoms with Gasteiger partial charge in [-0.25, -0.2) is 4.98 Å². The number of ether oxygens (including phenoxy) is 2. The number of rotatable bonds is 5. The van der Waals surface area contributed by atoms with Gasteiger partial charge in [-0.3, -0.25) is 0 Å². The molecule has 0 aliphatic carbocycles. The Labute approximate surface area is 157 Å². The molecular weight excluding hydrogens is 344 g/mol. The zero-order chi connectivity index (χ0) is 18.5. The lowest BCUT2D eigenvalue weighted by atomic mass is 10.1. The molecule has 26 heavy (non-hydrogen) atoms. The van der Waals surface area contributed by atoms with Gasteiger partial charge >= 0.3 is 0 Å². The third-order valence-electron chi connectivity index (χ3n) is 3.94. The molecule has 1 aromatic heterocycles. The Kier molecular flexibility index (Phi) is 5.35. The highest BCUT2D eigenvalue weighted by Crippen LogP contribution is 2.31. The van der Waals surface area contributed by atoms with E-state index < -0.39 is 0 Å². The molecule has 4 nitrogen and oxygen atoms in total. The second-order valence-electron chi connectivity index (χ2n) is 5.68. The molecule has 2 aromatic carbocycles. The van der Waals surface area contributed by atoms with Crippen molar-refractivity contribution in [3.05, 3.63) is 64.0 Å². The van der Waals surface area contributed by atoms with Crippen molar-refractivity contribution < 1.29 is 9.47 Å². The second kappa shape index (κ2) is 7.85. The monoisotopic (exact) mass is 362 g/mol. The lowest BCUT2D eigenvalue weighted by Gasteiger charge is -2.07. The lowest BCUT2D eigenvalue weighted by Crippen LogP contribution is -1.90. The summed E-state index contributed by atoms with van der Waals surface area (Å²) < 4.78 is 10.6. The van der Waals surface area contributed by atoms with Crippen LogP contribution in [0.4, 0.5) is 0 Å². The van der Waals surface area contributed by atoms with Crippen LogP contribution in [0.15, 0.2) is 47.8 Å². The predicted octanol–water partition coefficient (Wildman–Crippen LogP) is 5.20. The van der Waals surface area contributed by atoms with Crippen molar-refractivity contribution in [1.82, 2.24) is 4.98 Å². The zero-order valence-electron chi connectivity index (χ0n) is 14.8. The summed E-state index contributed by atoms with van der Waals surface area (Å²) in [6, 6.07) is 15.9. The molecule has 0 fully saturated rings. The molecule has 3 aromatic rings. The Morgan fingerprint density at radius 1 is 1.12 bits per heavy atom. The molecular formula is C21H18N2O2S. The maximum Gasteiger partial charge on any atom is 0.134 e. The van der Waals surface area contributed by atoms with Crippen molar-refractivity contribution in [2.24, 2.45) is 0 Å². The van der Waals surface area contributed by atoms with Crippen molar-refractivity contribution in [2.45, 2.75) is 6.92 Å². The number of hydrogen-bond acceptors (Lipinski definition) is 5. The van der Waals surface area contributed by atoms with Crippen LogP contribution in [-0.4, -0.2) is 19.2 Å². The fourth-order valence-corrected chi connectivity index (χ4v) is 3.28. The molecule has 0 bridgehead atoms. The van der Waals surface area contributed by atoms with Gasteiger partial charge in [-0.2, -0.15) is 5.26 Å². The molecule has 0 spiro atoms. The van der Waals surface area contributed by atoms with E-state index in [0.717, 1.165) is 16.8 Å². The van der Waals surface area contributed by atoms with E-state index in [-0.39, 0.29) is 0 Å². The topological polar surface area (TPSA) is 55.1 Å². The van der Waals surface area contributed by atoms with Gasteiger partial charge in [-0.05, 0) is 25.1 Å². The number of benzene rings is 2. The molecule has 0 saturated heterocycles. The lowest BCUT2D eigenvalue weighted by molar-refractivity contribution is 0.394. The fraction of sp³-hybridized carbons (Fsp3) is 0.143. The van der Waals surface area contributed by atoms with E-state index in [1.54, 1.807) is 26.4 Å². The highest BCUT2D eigenvalue weighted by atomic mass is 32.1. The molecule has 0 amide bonds. The average Bonchev–Trinajstić information content (AvgIpc) is 3.16. The number of hydrogen-bond donors (Lipinski definition) is 0. The smallest absolute Gasteiger partial charge is 0.134 e. The fourth-order valence-electron chi connectivity index (χ4n) is 2.49. The van der Waals surface area contributed by atoms with Gasteiger partial charge in [-0.15, -0.1) is 11.3 Å². The zero-order valence-corrected chi connectivity index (χ0v) is 15.6. The van der Waals surface area contributed by atoms with Crippen molar-refractivity contribution in [3.63, 3.8) is 0 Å². The van der Waals surface area contributed by atoms with Crippen molar-refractivity contribution in [1.29, 1.82) is 5.26 Å². The highest BCUT2D eigenvalue weighted by Gasteiger charge is 2.11. The first-order valence-electron chi connectivity index (χ1n) is 8.01. The molecule has 0 aliphatic rings. The van der Waals surface area contributed by atoms with E-state index in [9.17, 15) is 5.26 Å². The third kappa shape index (κ3) is 3.76. The first-order valence-corrected chi connectivity index (χ1v) is 8.89. The first kappa shape index (κ1) is 17.7. The van der Waals surface area contributed by atoms with Gasteiger partial charge in [0, 0.05) is 22.6 Å². The van der Waals surface area contributed by atoms with Crippen LogP contribution < -0.4 is 9.47 Å². The quantitative estimate of drug-likeness (QED) is 0.585. The van der Waals surface area contributed by atoms with Crippen LogP contribution in [-0.2, 0) is 0 Å². The summed E-state index contributed by atoms with van der Waals surface area (Å²) in [5.41, 5.74) is 4.41. The van der Waals surface area contributed by atoms with Crippen molar-refractivity contribution in [3.8, 4) is 28.8 Å². The Morgan fingerprint density at radius 3 is 2.54 bits per heavy atom. The normalized spacial score (nSPS) is 11.1. The minimum Gasteiger partial charge on any atom is -0.497 e. The molecule has 0 radical (unpaired) electrons. The molecule has 1 heterocycles. The van der Waals surface area contributed by atoms with E-state index in [0.29, 0.717) is 22.1 Å². The standard InChI is InChI=1S/C21H18N2O2S/c1-14-4-6-15(7-5-14)19-13-26-21(23-19)17(12-22)10-16-8-9-18(24-2)11-20(16)25-3/h4-11,13H,1-3H3. The number of methoxy groups -OCH3 is 2. The summed E-state index contributed by atoms with van der Waals surface area (Å²) in [5.74, 6) is 1.35. The molecule has 0 unspecified atom stereocenters. The third-order valence-corrected chi connectivity index (χ3v) is 4.82. The molecule has 0 atom stereocenters. The van der Waals surface area contributed by atoms with E-state index in [4.69, 9.17) is 9.47 Å². The molecule has 130 valence electrons. The van der Waals surface area contributed by atoms with Gasteiger partial charge in [0.15, 0.2) is 0 Å². The minimum atomic E-state index is 0.497. The molecule has 0 N–H and O–H groups in total. The molecule has 3 rings (SSSR count). The first-order chi connectivity index (χ1) is 12.6. The SMILES string of the molecule is COc1ccc(C=C(C#N)c2nc(-c3ccc(C)cc3)cs2)c(OC)c1. The Balaban J connectivity index is 1.96. The largest absolute Gasteiger partial charge is 0.497 e. The van der Waals surface area contributed by atoms with E-state index in [1.807, 2.05) is 29.6 Å². The van der Waals surface area contributed by atoms with Crippen molar-refractivity contribution >= 4 is 23.0 Å². The number of aromatic nitrogens is 1. The van der Waals surface area contributed by atoms with Gasteiger partial charge in [0.2, 0.25) is 0 Å². The Hall–Kier alpha value is -3.10. The Morgan fingerprint density at radius 2 is 1.88 bits per heavy atom. The van der Waals surface area contributed by atoms with Crippen LogP contribution in [0.25, 0.3) is 22.9 Å². The van der Waals surface area contributed by atoms with Crippen LogP contribution in [0, 0.1) is 18.3 Å². The molecule has 5 heteroatoms. The van der Waals surface area contributed by atoms with Crippen LogP contribution in [0.5, 0.6) is 11.5 Å². The van der Waals surface area contributed by atoms with Crippen molar-refractivity contribution in [2.75, 3.05) is 14.2 Å². The maximum absolute atomic E-state index is 9.60. The average molecular weight is 362 g/mol. The number of nitrogens with zero attached hydrogens (tertiary/aromatic N) is 2. The van der Waals surface area contributed by atoms with Crippen LogP contribution in [0.2, 0.25) is 0 Å². The Bertz CT molecular complexity index is 982. The number of allylic oxidation sites excluding steroid dienone is 1. The number of thiazole rings is 1. The van der Waals surface area contributed by atoms with Gasteiger partial charge < -0.3 is 9.47 Å². The van der Waals surface area contributed by atoms with Gasteiger partial charge in [-0.1, -0.05) is 29.8 Å².